The zero-order valence-corrected chi connectivity index (χ0v) is 13.1. The number of aryl methyl sites for hydroxylation is 2. The lowest BCUT2D eigenvalue weighted by atomic mass is 9.92. The third-order valence-electron chi connectivity index (χ3n) is 3.85. The fourth-order valence-electron chi connectivity index (χ4n) is 2.58. The topological polar surface area (TPSA) is 83.5 Å². The van der Waals surface area contributed by atoms with Gasteiger partial charge >= 0.3 is 5.97 Å². The Morgan fingerprint density at radius 1 is 1.19 bits per heavy atom. The molecular weight excluding hydrogens is 290 g/mol. The molecule has 0 saturated heterocycles. The van der Waals surface area contributed by atoms with Gasteiger partial charge in [0, 0.05) is 0 Å². The van der Waals surface area contributed by atoms with E-state index in [4.69, 9.17) is 5.11 Å². The standard InChI is InChI=1S/C15H21NO4S/c1-10(2)14(15(17)18)16-21(19,20)13-8-7-11-5-3-4-6-12(11)9-13/h7-10,14,16H,3-6H2,1-2H3,(H,17,18). The Balaban J connectivity index is 2.29. The van der Waals surface area contributed by atoms with Gasteiger partial charge in [-0.2, -0.15) is 4.72 Å². The molecule has 1 aliphatic carbocycles. The number of carboxylic acid groups (broad SMARTS) is 1. The van der Waals surface area contributed by atoms with Gasteiger partial charge in [-0.25, -0.2) is 8.42 Å². The maximum Gasteiger partial charge on any atom is 0.322 e. The fraction of sp³-hybridized carbons (Fsp3) is 0.533. The van der Waals surface area contributed by atoms with Gasteiger partial charge in [0.25, 0.3) is 0 Å². The second kappa shape index (κ2) is 6.15. The first-order valence-electron chi connectivity index (χ1n) is 7.18. The Bertz CT molecular complexity index is 637. The summed E-state index contributed by atoms with van der Waals surface area (Å²) in [5.41, 5.74) is 2.25. The third kappa shape index (κ3) is 3.63. The average molecular weight is 311 g/mol. The van der Waals surface area contributed by atoms with Gasteiger partial charge in [0.2, 0.25) is 10.0 Å². The lowest BCUT2D eigenvalue weighted by Gasteiger charge is -2.20. The van der Waals surface area contributed by atoms with E-state index in [-0.39, 0.29) is 10.8 Å². The highest BCUT2D eigenvalue weighted by molar-refractivity contribution is 7.89. The van der Waals surface area contributed by atoms with Crippen LogP contribution in [0.25, 0.3) is 0 Å². The molecule has 2 rings (SSSR count). The van der Waals surface area contributed by atoms with Crippen molar-refractivity contribution in [3.8, 4) is 0 Å². The summed E-state index contributed by atoms with van der Waals surface area (Å²) in [5.74, 6) is -1.48. The number of carbonyl (C=O) groups is 1. The average Bonchev–Trinajstić information content (AvgIpc) is 2.43. The molecule has 21 heavy (non-hydrogen) atoms. The summed E-state index contributed by atoms with van der Waals surface area (Å²) in [5, 5.41) is 9.12. The number of nitrogens with one attached hydrogen (secondary N) is 1. The minimum atomic E-state index is -3.81. The summed E-state index contributed by atoms with van der Waals surface area (Å²) >= 11 is 0. The number of hydrogen-bond acceptors (Lipinski definition) is 3. The minimum Gasteiger partial charge on any atom is -0.480 e. The summed E-state index contributed by atoms with van der Waals surface area (Å²) in [6.45, 7) is 3.35. The Hall–Kier alpha value is -1.40. The smallest absolute Gasteiger partial charge is 0.322 e. The molecule has 0 fully saturated rings. The Kier molecular flexibility index (Phi) is 4.68. The molecule has 0 aromatic heterocycles. The van der Waals surface area contributed by atoms with Gasteiger partial charge in [0.1, 0.15) is 6.04 Å². The van der Waals surface area contributed by atoms with Crippen molar-refractivity contribution in [3.05, 3.63) is 29.3 Å². The molecule has 0 spiro atoms. The third-order valence-corrected chi connectivity index (χ3v) is 5.28. The lowest BCUT2D eigenvalue weighted by Crippen LogP contribution is -2.44. The van der Waals surface area contributed by atoms with Crippen molar-refractivity contribution in [3.63, 3.8) is 0 Å². The number of benzene rings is 1. The number of aliphatic carboxylic acids is 1. The van der Waals surface area contributed by atoms with Gasteiger partial charge in [-0.15, -0.1) is 0 Å². The summed E-state index contributed by atoms with van der Waals surface area (Å²) in [6, 6.07) is 3.96. The molecule has 6 heteroatoms. The molecule has 0 heterocycles. The normalized spacial score (nSPS) is 16.5. The van der Waals surface area contributed by atoms with Gasteiger partial charge in [0.05, 0.1) is 4.90 Å². The van der Waals surface area contributed by atoms with Crippen LogP contribution in [-0.2, 0) is 27.7 Å². The highest BCUT2D eigenvalue weighted by Gasteiger charge is 2.28. The van der Waals surface area contributed by atoms with E-state index < -0.39 is 22.0 Å². The number of sulfonamides is 1. The van der Waals surface area contributed by atoms with Gasteiger partial charge < -0.3 is 5.11 Å². The van der Waals surface area contributed by atoms with E-state index in [2.05, 4.69) is 4.72 Å². The first-order valence-corrected chi connectivity index (χ1v) is 8.66. The summed E-state index contributed by atoms with van der Waals surface area (Å²) in [6.07, 6.45) is 4.05. The van der Waals surface area contributed by atoms with Gasteiger partial charge in [0.15, 0.2) is 0 Å². The number of carboxylic acids is 1. The van der Waals surface area contributed by atoms with Crippen molar-refractivity contribution in [1.29, 1.82) is 0 Å². The van der Waals surface area contributed by atoms with Crippen LogP contribution in [0.4, 0.5) is 0 Å². The first-order chi connectivity index (χ1) is 9.81. The largest absolute Gasteiger partial charge is 0.480 e. The van der Waals surface area contributed by atoms with Crippen molar-refractivity contribution < 1.29 is 18.3 Å². The summed E-state index contributed by atoms with van der Waals surface area (Å²) < 4.78 is 27.0. The van der Waals surface area contributed by atoms with Crippen LogP contribution in [0.5, 0.6) is 0 Å². The minimum absolute atomic E-state index is 0.148. The van der Waals surface area contributed by atoms with Crippen molar-refractivity contribution in [2.24, 2.45) is 5.92 Å². The molecule has 5 nitrogen and oxygen atoms in total. The first kappa shape index (κ1) is 16.0. The van der Waals surface area contributed by atoms with Crippen LogP contribution in [0.3, 0.4) is 0 Å². The predicted octanol–water partition coefficient (Wildman–Crippen LogP) is 1.95. The fourth-order valence-corrected chi connectivity index (χ4v) is 3.97. The maximum atomic E-state index is 12.4. The maximum absolute atomic E-state index is 12.4. The molecule has 1 aliphatic rings. The Labute approximate surface area is 125 Å². The molecule has 0 aliphatic heterocycles. The van der Waals surface area contributed by atoms with Crippen LogP contribution in [-0.4, -0.2) is 25.5 Å². The van der Waals surface area contributed by atoms with Crippen molar-refractivity contribution in [1.82, 2.24) is 4.72 Å². The van der Waals surface area contributed by atoms with Crippen LogP contribution in [0.1, 0.15) is 37.8 Å². The molecule has 1 atom stereocenters. The second-order valence-electron chi connectivity index (χ2n) is 5.82. The zero-order valence-electron chi connectivity index (χ0n) is 12.3. The van der Waals surface area contributed by atoms with Crippen molar-refractivity contribution >= 4 is 16.0 Å². The zero-order chi connectivity index (χ0) is 15.6. The Morgan fingerprint density at radius 3 is 2.38 bits per heavy atom. The number of fused-ring (bicyclic) bond motifs is 1. The molecule has 116 valence electrons. The molecule has 1 aromatic rings. The van der Waals surface area contributed by atoms with Gasteiger partial charge in [-0.3, -0.25) is 4.79 Å². The lowest BCUT2D eigenvalue weighted by molar-refractivity contribution is -0.140. The van der Waals surface area contributed by atoms with E-state index >= 15 is 0 Å². The van der Waals surface area contributed by atoms with Crippen molar-refractivity contribution in [2.45, 2.75) is 50.5 Å². The molecule has 0 amide bonds. The summed E-state index contributed by atoms with van der Waals surface area (Å²) in [4.78, 5) is 11.3. The van der Waals surface area contributed by atoms with E-state index in [0.717, 1.165) is 31.2 Å². The monoisotopic (exact) mass is 311 g/mol. The predicted molar refractivity (Wildman–Crippen MR) is 79.7 cm³/mol. The number of hydrogen-bond donors (Lipinski definition) is 2. The Morgan fingerprint density at radius 2 is 1.81 bits per heavy atom. The highest BCUT2D eigenvalue weighted by atomic mass is 32.2. The molecular formula is C15H21NO4S. The molecule has 2 N–H and O–H groups in total. The molecule has 0 bridgehead atoms. The van der Waals surface area contributed by atoms with E-state index in [1.807, 2.05) is 6.07 Å². The highest BCUT2D eigenvalue weighted by Crippen LogP contribution is 2.24. The van der Waals surface area contributed by atoms with Crippen LogP contribution >= 0.6 is 0 Å². The quantitative estimate of drug-likeness (QED) is 0.870. The van der Waals surface area contributed by atoms with Crippen LogP contribution in [0.2, 0.25) is 0 Å². The van der Waals surface area contributed by atoms with Gasteiger partial charge in [-0.1, -0.05) is 19.9 Å². The van der Waals surface area contributed by atoms with Gasteiger partial charge in [-0.05, 0) is 54.9 Å². The second-order valence-corrected chi connectivity index (χ2v) is 7.53. The van der Waals surface area contributed by atoms with E-state index in [1.54, 1.807) is 26.0 Å². The van der Waals surface area contributed by atoms with Crippen LogP contribution < -0.4 is 4.72 Å². The van der Waals surface area contributed by atoms with Crippen LogP contribution in [0, 0.1) is 5.92 Å². The number of rotatable bonds is 5. The molecule has 0 saturated carbocycles. The summed E-state index contributed by atoms with van der Waals surface area (Å²) in [7, 11) is -3.81. The van der Waals surface area contributed by atoms with E-state index in [0.29, 0.717) is 0 Å². The molecule has 1 aromatic carbocycles. The SMILES string of the molecule is CC(C)C(NS(=O)(=O)c1ccc2c(c1)CCCC2)C(=O)O. The molecule has 0 radical (unpaired) electrons. The van der Waals surface area contributed by atoms with E-state index in [9.17, 15) is 13.2 Å². The molecule has 1 unspecified atom stereocenters. The van der Waals surface area contributed by atoms with E-state index in [1.165, 1.54) is 5.56 Å². The van der Waals surface area contributed by atoms with Crippen molar-refractivity contribution in [2.75, 3.05) is 0 Å². The van der Waals surface area contributed by atoms with Crippen LogP contribution in [0.15, 0.2) is 23.1 Å².